The van der Waals surface area contributed by atoms with Crippen molar-refractivity contribution in [3.8, 4) is 0 Å². The van der Waals surface area contributed by atoms with E-state index >= 15 is 0 Å². The summed E-state index contributed by atoms with van der Waals surface area (Å²) in [6, 6.07) is 0. The van der Waals surface area contributed by atoms with Crippen LogP contribution >= 0.6 is 0 Å². The van der Waals surface area contributed by atoms with Gasteiger partial charge in [0, 0.05) is 19.3 Å². The van der Waals surface area contributed by atoms with Crippen molar-refractivity contribution in [1.29, 1.82) is 0 Å². The van der Waals surface area contributed by atoms with E-state index in [2.05, 4.69) is 69.4 Å². The van der Waals surface area contributed by atoms with E-state index in [1.807, 2.05) is 0 Å². The number of ether oxygens (including phenoxy) is 3. The Morgan fingerprint density at radius 3 is 0.795 bits per heavy atom. The highest BCUT2D eigenvalue weighted by molar-refractivity contribution is 5.71. The summed E-state index contributed by atoms with van der Waals surface area (Å²) in [5.74, 6) is -0.870. The topological polar surface area (TPSA) is 78.9 Å². The number of allylic oxidation sites excluding steroid dienone is 8. The zero-order chi connectivity index (χ0) is 56.4. The fourth-order valence-electron chi connectivity index (χ4n) is 10.4. The maximum absolute atomic E-state index is 12.9. The highest BCUT2D eigenvalue weighted by atomic mass is 16.6. The molecule has 0 heterocycles. The van der Waals surface area contributed by atoms with Crippen molar-refractivity contribution in [1.82, 2.24) is 0 Å². The summed E-state index contributed by atoms with van der Waals surface area (Å²) in [7, 11) is 0. The number of esters is 3. The second kappa shape index (κ2) is 66.9. The first-order valence-electron chi connectivity index (χ1n) is 34.6. The first-order valence-corrected chi connectivity index (χ1v) is 34.6. The molecule has 78 heavy (non-hydrogen) atoms. The Kier molecular flexibility index (Phi) is 64.6. The molecule has 0 radical (unpaired) electrons. The first-order chi connectivity index (χ1) is 38.5. The van der Waals surface area contributed by atoms with Gasteiger partial charge >= 0.3 is 17.9 Å². The van der Waals surface area contributed by atoms with E-state index in [4.69, 9.17) is 14.2 Å². The number of carbonyl (C=O) groups is 3. The normalized spacial score (nSPS) is 12.3. The molecule has 0 fully saturated rings. The number of hydrogen-bond donors (Lipinski definition) is 0. The Morgan fingerprint density at radius 2 is 0.500 bits per heavy atom. The molecule has 0 rings (SSSR count). The van der Waals surface area contributed by atoms with Crippen molar-refractivity contribution in [2.75, 3.05) is 13.2 Å². The van der Waals surface area contributed by atoms with Crippen LogP contribution < -0.4 is 0 Å². The largest absolute Gasteiger partial charge is 0.462 e. The van der Waals surface area contributed by atoms with Crippen molar-refractivity contribution >= 4 is 17.9 Å². The van der Waals surface area contributed by atoms with E-state index in [0.717, 1.165) is 96.3 Å². The Balaban J connectivity index is 4.29. The number of carbonyl (C=O) groups excluding carboxylic acids is 3. The molecule has 0 amide bonds. The lowest BCUT2D eigenvalue weighted by atomic mass is 10.0. The molecule has 0 aromatic carbocycles. The minimum absolute atomic E-state index is 0.0755. The Hall–Kier alpha value is -2.63. The van der Waals surface area contributed by atoms with E-state index in [-0.39, 0.29) is 31.1 Å². The van der Waals surface area contributed by atoms with Crippen LogP contribution in [0.25, 0.3) is 0 Å². The lowest BCUT2D eigenvalue weighted by Crippen LogP contribution is -2.30. The third-order valence-corrected chi connectivity index (χ3v) is 15.6. The standard InChI is InChI=1S/C72H132O6/c1-4-7-10-13-16-19-22-25-28-30-32-34-35-36-38-39-41-44-47-50-53-56-59-62-65-71(74)77-68-69(67-76-70(73)64-61-58-55-52-49-46-43-27-24-21-18-15-12-9-6-3)78-72(75)66-63-60-57-54-51-48-45-42-40-37-33-31-29-26-23-20-17-14-11-8-5-2/h9,12,18,21,27,31,33,43,69H,4-8,10-11,13-17,19-20,22-26,28-30,32,34-42,44-68H2,1-3H3/b12-9-,21-18-,33-31-,43-27-. The molecule has 1 atom stereocenters. The van der Waals surface area contributed by atoms with E-state index in [9.17, 15) is 14.4 Å². The number of hydrogen-bond acceptors (Lipinski definition) is 6. The molecule has 0 aromatic rings. The van der Waals surface area contributed by atoms with Crippen LogP contribution in [0.2, 0.25) is 0 Å². The molecule has 0 aliphatic carbocycles. The van der Waals surface area contributed by atoms with Crippen LogP contribution in [0.15, 0.2) is 48.6 Å². The van der Waals surface area contributed by atoms with Crippen LogP contribution in [-0.4, -0.2) is 37.2 Å². The fraction of sp³-hybridized carbons (Fsp3) is 0.847. The molecule has 0 saturated heterocycles. The predicted molar refractivity (Wildman–Crippen MR) is 339 cm³/mol. The van der Waals surface area contributed by atoms with Crippen LogP contribution in [0.1, 0.15) is 374 Å². The minimum Gasteiger partial charge on any atom is -0.462 e. The van der Waals surface area contributed by atoms with E-state index in [1.54, 1.807) is 0 Å². The van der Waals surface area contributed by atoms with Crippen LogP contribution in [0.3, 0.4) is 0 Å². The monoisotopic (exact) mass is 1090 g/mol. The van der Waals surface area contributed by atoms with Gasteiger partial charge in [0.2, 0.25) is 0 Å². The Labute approximate surface area is 486 Å². The second-order valence-electron chi connectivity index (χ2n) is 23.4. The van der Waals surface area contributed by atoms with Crippen molar-refractivity contribution < 1.29 is 28.6 Å². The van der Waals surface area contributed by atoms with Gasteiger partial charge in [-0.2, -0.15) is 0 Å². The molecule has 0 aliphatic heterocycles. The average molecular weight is 1090 g/mol. The van der Waals surface area contributed by atoms with Gasteiger partial charge in [-0.1, -0.05) is 326 Å². The van der Waals surface area contributed by atoms with Crippen molar-refractivity contribution in [3.63, 3.8) is 0 Å². The molecule has 0 saturated carbocycles. The molecular weight excluding hydrogens is 961 g/mol. The van der Waals surface area contributed by atoms with Crippen molar-refractivity contribution in [2.24, 2.45) is 0 Å². The van der Waals surface area contributed by atoms with Crippen LogP contribution in [-0.2, 0) is 28.6 Å². The second-order valence-corrected chi connectivity index (χ2v) is 23.4. The quantitative estimate of drug-likeness (QED) is 0.0261. The van der Waals surface area contributed by atoms with Gasteiger partial charge in [0.25, 0.3) is 0 Å². The molecule has 456 valence electrons. The van der Waals surface area contributed by atoms with Gasteiger partial charge < -0.3 is 14.2 Å². The van der Waals surface area contributed by atoms with Crippen LogP contribution in [0, 0.1) is 0 Å². The van der Waals surface area contributed by atoms with E-state index < -0.39 is 6.10 Å². The molecule has 1 unspecified atom stereocenters. The molecular formula is C72H132O6. The highest BCUT2D eigenvalue weighted by Crippen LogP contribution is 2.18. The van der Waals surface area contributed by atoms with E-state index in [0.29, 0.717) is 19.3 Å². The molecule has 0 aliphatic rings. The van der Waals surface area contributed by atoms with E-state index in [1.165, 1.54) is 238 Å². The third kappa shape index (κ3) is 64.2. The molecule has 0 bridgehead atoms. The Morgan fingerprint density at radius 1 is 0.269 bits per heavy atom. The SMILES string of the molecule is CC/C=C\C/C=C\C/C=C\CCCCCCCC(=O)OCC(COC(=O)CCCCCCCCCCCCCCCCCCCCCCCCCC)OC(=O)CCCCCCCCCCC/C=C\CCCCCCCCCC. The van der Waals surface area contributed by atoms with Gasteiger partial charge in [0.1, 0.15) is 13.2 Å². The average Bonchev–Trinajstić information content (AvgIpc) is 3.44. The minimum atomic E-state index is -0.781. The number of rotatable bonds is 64. The van der Waals surface area contributed by atoms with Crippen molar-refractivity contribution in [3.05, 3.63) is 48.6 Å². The summed E-state index contributed by atoms with van der Waals surface area (Å²) in [6.45, 7) is 6.58. The zero-order valence-corrected chi connectivity index (χ0v) is 52.5. The van der Waals surface area contributed by atoms with Gasteiger partial charge in [-0.3, -0.25) is 14.4 Å². The summed E-state index contributed by atoms with van der Waals surface area (Å²) >= 11 is 0. The maximum atomic E-state index is 12.9. The predicted octanol–water partition coefficient (Wildman–Crippen LogP) is 23.7. The molecule has 0 aromatic heterocycles. The van der Waals surface area contributed by atoms with Gasteiger partial charge in [-0.05, 0) is 77.0 Å². The lowest BCUT2D eigenvalue weighted by Gasteiger charge is -2.18. The highest BCUT2D eigenvalue weighted by Gasteiger charge is 2.19. The van der Waals surface area contributed by atoms with Gasteiger partial charge in [0.15, 0.2) is 6.10 Å². The molecule has 6 heteroatoms. The summed E-state index contributed by atoms with van der Waals surface area (Å²) < 4.78 is 17.0. The van der Waals surface area contributed by atoms with Gasteiger partial charge in [0.05, 0.1) is 0 Å². The molecule has 6 nitrogen and oxygen atoms in total. The van der Waals surface area contributed by atoms with Crippen LogP contribution in [0.5, 0.6) is 0 Å². The smallest absolute Gasteiger partial charge is 0.306 e. The maximum Gasteiger partial charge on any atom is 0.306 e. The van der Waals surface area contributed by atoms with Crippen LogP contribution in [0.4, 0.5) is 0 Å². The summed E-state index contributed by atoms with van der Waals surface area (Å²) in [6.07, 6.45) is 84.2. The van der Waals surface area contributed by atoms with Gasteiger partial charge in [-0.25, -0.2) is 0 Å². The Bertz CT molecular complexity index is 1350. The fourth-order valence-corrected chi connectivity index (χ4v) is 10.4. The van der Waals surface area contributed by atoms with Gasteiger partial charge in [-0.15, -0.1) is 0 Å². The lowest BCUT2D eigenvalue weighted by molar-refractivity contribution is -0.167. The molecule has 0 spiro atoms. The zero-order valence-electron chi connectivity index (χ0n) is 52.5. The summed E-state index contributed by atoms with van der Waals surface area (Å²) in [5, 5.41) is 0. The molecule has 0 N–H and O–H groups in total. The summed E-state index contributed by atoms with van der Waals surface area (Å²) in [4.78, 5) is 38.4. The first kappa shape index (κ1) is 75.4. The number of unbranched alkanes of at least 4 members (excludes halogenated alkanes) is 45. The van der Waals surface area contributed by atoms with Crippen molar-refractivity contribution in [2.45, 2.75) is 380 Å². The summed E-state index contributed by atoms with van der Waals surface area (Å²) in [5.41, 5.74) is 0. The third-order valence-electron chi connectivity index (χ3n) is 15.6.